The van der Waals surface area contributed by atoms with Crippen molar-refractivity contribution in [2.24, 2.45) is 0 Å². The molecule has 0 unspecified atom stereocenters. The van der Waals surface area contributed by atoms with Crippen LogP contribution in [0.4, 0.5) is 26.3 Å². The molecule has 0 fully saturated rings. The minimum absolute atomic E-state index is 0.0755. The average Bonchev–Trinajstić information content (AvgIpc) is 3.51. The normalized spacial score (nSPS) is 17.6. The van der Waals surface area contributed by atoms with E-state index in [2.05, 4.69) is 9.97 Å². The van der Waals surface area contributed by atoms with Crippen molar-refractivity contribution in [3.05, 3.63) is 75.2 Å². The molecule has 204 valence electrons. The molecule has 0 bridgehead atoms. The number of thiazole rings is 2. The van der Waals surface area contributed by atoms with Crippen molar-refractivity contribution in [3.8, 4) is 26.9 Å². The Morgan fingerprint density at radius 3 is 1.51 bits per heavy atom. The summed E-state index contributed by atoms with van der Waals surface area (Å²) < 4.78 is 96.3. The second kappa shape index (κ2) is 9.46. The van der Waals surface area contributed by atoms with Crippen molar-refractivity contribution in [3.63, 3.8) is 0 Å². The van der Waals surface area contributed by atoms with Gasteiger partial charge in [-0.3, -0.25) is 0 Å². The molecule has 1 aliphatic carbocycles. The van der Waals surface area contributed by atoms with E-state index in [9.17, 15) is 13.9 Å². The lowest BCUT2D eigenvalue weighted by atomic mass is 10.0. The average molecular weight is 583 g/mol. The molecule has 5 rings (SSSR count). The van der Waals surface area contributed by atoms with Gasteiger partial charge in [-0.1, -0.05) is 24.3 Å². The molecule has 0 aliphatic heterocycles. The summed E-state index contributed by atoms with van der Waals surface area (Å²) in [6, 6.07) is 12.8. The Kier molecular flexibility index (Phi) is 6.63. The number of aromatic nitrogens is 2. The highest BCUT2D eigenvalue weighted by molar-refractivity contribution is 7.17. The van der Waals surface area contributed by atoms with Gasteiger partial charge < -0.3 is 9.84 Å². The summed E-state index contributed by atoms with van der Waals surface area (Å²) in [5.41, 5.74) is -1.51. The van der Waals surface area contributed by atoms with Crippen LogP contribution in [0.25, 0.3) is 32.3 Å². The Bertz CT molecular complexity index is 1460. The van der Waals surface area contributed by atoms with Crippen molar-refractivity contribution < 1.29 is 36.2 Å². The first-order chi connectivity index (χ1) is 18.3. The van der Waals surface area contributed by atoms with E-state index >= 15 is 17.6 Å². The maximum absolute atomic E-state index is 15.4. The van der Waals surface area contributed by atoms with Crippen LogP contribution in [0.5, 0.6) is 5.75 Å². The summed E-state index contributed by atoms with van der Waals surface area (Å²) in [4.78, 5) is 7.59. The highest BCUT2D eigenvalue weighted by Crippen LogP contribution is 2.66. The predicted molar refractivity (Wildman–Crippen MR) is 139 cm³/mol. The lowest BCUT2D eigenvalue weighted by molar-refractivity contribution is -0.254. The highest BCUT2D eigenvalue weighted by Gasteiger charge is 2.81. The lowest BCUT2D eigenvalue weighted by Gasteiger charge is -2.25. The first-order valence-corrected chi connectivity index (χ1v) is 13.2. The van der Waals surface area contributed by atoms with Crippen LogP contribution in [0.2, 0.25) is 0 Å². The molecule has 0 saturated carbocycles. The van der Waals surface area contributed by atoms with Gasteiger partial charge >= 0.3 is 17.8 Å². The van der Waals surface area contributed by atoms with Gasteiger partial charge in [0.15, 0.2) is 0 Å². The van der Waals surface area contributed by atoms with Crippen LogP contribution in [0.15, 0.2) is 48.5 Å². The van der Waals surface area contributed by atoms with E-state index < -0.39 is 38.7 Å². The fraction of sp³-hybridized carbons (Fsp3) is 0.259. The molecule has 2 aromatic heterocycles. The molecule has 0 atom stereocenters. The first kappa shape index (κ1) is 27.4. The number of benzene rings is 2. The van der Waals surface area contributed by atoms with E-state index in [0.717, 1.165) is 0 Å². The summed E-state index contributed by atoms with van der Waals surface area (Å²) in [5.74, 6) is -15.5. The van der Waals surface area contributed by atoms with E-state index in [1.807, 2.05) is 0 Å². The van der Waals surface area contributed by atoms with Crippen LogP contribution in [-0.4, -0.2) is 40.0 Å². The maximum Gasteiger partial charge on any atom is 0.380 e. The van der Waals surface area contributed by atoms with Crippen molar-refractivity contribution in [2.45, 2.75) is 38.2 Å². The fourth-order valence-electron chi connectivity index (χ4n) is 4.33. The molecule has 4 aromatic rings. The van der Waals surface area contributed by atoms with Gasteiger partial charge in [0.2, 0.25) is 0 Å². The lowest BCUT2D eigenvalue weighted by Crippen LogP contribution is -2.48. The zero-order valence-corrected chi connectivity index (χ0v) is 22.3. The first-order valence-electron chi connectivity index (χ1n) is 11.5. The second-order valence-electron chi connectivity index (χ2n) is 8.92. The Hall–Kier alpha value is -3.22. The zero-order chi connectivity index (χ0) is 28.3. The fourth-order valence-corrected chi connectivity index (χ4v) is 6.64. The van der Waals surface area contributed by atoms with Gasteiger partial charge in [0.05, 0.1) is 46.0 Å². The SMILES string of the molecule is COc1ccc(-c2nc(C)c(C3=C(c4sc(-c5ccc(CO)cc5)nc4C)C(F)(F)C(F)(F)C3(F)F)s2)cc1. The number of hydrogen-bond donors (Lipinski definition) is 1. The monoisotopic (exact) mass is 582 g/mol. The molecule has 2 aromatic carbocycles. The third-order valence-electron chi connectivity index (χ3n) is 6.43. The topological polar surface area (TPSA) is 55.2 Å². The molecule has 1 aliphatic rings. The predicted octanol–water partition coefficient (Wildman–Crippen LogP) is 7.88. The molecule has 0 amide bonds. The Morgan fingerprint density at radius 2 is 1.13 bits per heavy atom. The van der Waals surface area contributed by atoms with Crippen molar-refractivity contribution in [1.29, 1.82) is 0 Å². The summed E-state index contributed by atoms with van der Waals surface area (Å²) >= 11 is 1.27. The van der Waals surface area contributed by atoms with Crippen LogP contribution in [-0.2, 0) is 6.61 Å². The Morgan fingerprint density at radius 1 is 0.718 bits per heavy atom. The van der Waals surface area contributed by atoms with Crippen molar-refractivity contribution >= 4 is 33.8 Å². The minimum Gasteiger partial charge on any atom is -0.497 e. The van der Waals surface area contributed by atoms with E-state index in [1.165, 1.54) is 21.0 Å². The number of hydrogen-bond acceptors (Lipinski definition) is 6. The van der Waals surface area contributed by atoms with Crippen molar-refractivity contribution in [1.82, 2.24) is 9.97 Å². The summed E-state index contributed by atoms with van der Waals surface area (Å²) in [6.45, 7) is 2.42. The number of alkyl halides is 6. The van der Waals surface area contributed by atoms with E-state index in [-0.39, 0.29) is 28.0 Å². The number of halogens is 6. The maximum atomic E-state index is 15.4. The molecule has 12 heteroatoms. The van der Waals surface area contributed by atoms with Gasteiger partial charge in [0.1, 0.15) is 15.8 Å². The molecule has 1 N–H and O–H groups in total. The number of methoxy groups -OCH3 is 1. The minimum atomic E-state index is -5.68. The largest absolute Gasteiger partial charge is 0.497 e. The molecule has 0 radical (unpaired) electrons. The van der Waals surface area contributed by atoms with Gasteiger partial charge in [0, 0.05) is 11.1 Å². The van der Waals surface area contributed by atoms with Gasteiger partial charge in [-0.25, -0.2) is 9.97 Å². The molecule has 0 saturated heterocycles. The summed E-state index contributed by atoms with van der Waals surface area (Å²) in [5, 5.41) is 9.64. The number of rotatable bonds is 6. The third kappa shape index (κ3) is 4.16. The summed E-state index contributed by atoms with van der Waals surface area (Å²) in [7, 11) is 1.47. The van der Waals surface area contributed by atoms with Crippen LogP contribution >= 0.6 is 22.7 Å². The number of allylic oxidation sites excluding steroid dienone is 2. The van der Waals surface area contributed by atoms with E-state index in [1.54, 1.807) is 48.5 Å². The quantitative estimate of drug-likeness (QED) is 0.235. The number of ether oxygens (including phenoxy) is 1. The van der Waals surface area contributed by atoms with Crippen LogP contribution in [0.1, 0.15) is 26.7 Å². The van der Waals surface area contributed by atoms with E-state index in [4.69, 9.17) is 4.74 Å². The van der Waals surface area contributed by atoms with Gasteiger partial charge in [-0.05, 0) is 43.7 Å². The molecular formula is C27H20F6N2O2S2. The van der Waals surface area contributed by atoms with Gasteiger partial charge in [0.25, 0.3) is 0 Å². The molecular weight excluding hydrogens is 562 g/mol. The number of nitrogens with zero attached hydrogens (tertiary/aromatic N) is 2. The number of aryl methyl sites for hydroxylation is 2. The Balaban J connectivity index is 1.72. The van der Waals surface area contributed by atoms with Gasteiger partial charge in [-0.2, -0.15) is 26.3 Å². The number of aliphatic hydroxyl groups is 1. The second-order valence-corrected chi connectivity index (χ2v) is 10.9. The Labute approximate surface area is 227 Å². The van der Waals surface area contributed by atoms with Gasteiger partial charge in [-0.15, -0.1) is 22.7 Å². The molecule has 4 nitrogen and oxygen atoms in total. The molecule has 2 heterocycles. The number of aliphatic hydroxyl groups excluding tert-OH is 1. The van der Waals surface area contributed by atoms with Crippen LogP contribution in [0.3, 0.4) is 0 Å². The molecule has 0 spiro atoms. The summed E-state index contributed by atoms with van der Waals surface area (Å²) in [6.07, 6.45) is 0. The zero-order valence-electron chi connectivity index (χ0n) is 20.7. The van der Waals surface area contributed by atoms with Crippen molar-refractivity contribution in [2.75, 3.05) is 7.11 Å². The third-order valence-corrected chi connectivity index (χ3v) is 8.88. The van der Waals surface area contributed by atoms with Crippen LogP contribution in [0, 0.1) is 13.8 Å². The highest BCUT2D eigenvalue weighted by atomic mass is 32.1. The smallest absolute Gasteiger partial charge is 0.380 e. The molecule has 39 heavy (non-hydrogen) atoms. The van der Waals surface area contributed by atoms with Crippen LogP contribution < -0.4 is 4.74 Å². The standard InChI is InChI=1S/C27H20F6N2O2S2/c1-13-21(38-23(34-13)16-6-4-15(12-36)5-7-16)19-20(26(30,31)27(32,33)25(19,28)29)22-14(2)35-24(39-22)17-8-10-18(37-3)11-9-17/h4-11,36H,12H2,1-3H3. The van der Waals surface area contributed by atoms with E-state index in [0.29, 0.717) is 45.1 Å².